The van der Waals surface area contributed by atoms with Crippen LogP contribution in [0.15, 0.2) is 0 Å². The van der Waals surface area contributed by atoms with E-state index < -0.39 is 0 Å². The van der Waals surface area contributed by atoms with Crippen LogP contribution in [0.3, 0.4) is 0 Å². The molecule has 1 heterocycles. The maximum absolute atomic E-state index is 11.5. The Morgan fingerprint density at radius 1 is 1.25 bits per heavy atom. The minimum atomic E-state index is 0.428. The Labute approximate surface area is 99.1 Å². The van der Waals surface area contributed by atoms with Crippen LogP contribution in [-0.2, 0) is 9.53 Å². The molecule has 1 aliphatic heterocycles. The van der Waals surface area contributed by atoms with Gasteiger partial charge >= 0.3 is 0 Å². The van der Waals surface area contributed by atoms with Crippen molar-refractivity contribution in [3.8, 4) is 0 Å². The summed E-state index contributed by atoms with van der Waals surface area (Å²) in [4.78, 5) is 13.9. The number of carbonyl (C=O) groups excluding carboxylic acids is 1. The van der Waals surface area contributed by atoms with Crippen LogP contribution in [0, 0.1) is 5.92 Å². The molecule has 0 bridgehead atoms. The molecule has 0 amide bonds. The van der Waals surface area contributed by atoms with Crippen molar-refractivity contribution in [3.05, 3.63) is 0 Å². The zero-order chi connectivity index (χ0) is 11.8. The molecule has 0 unspecified atom stereocenters. The first-order chi connectivity index (χ1) is 7.68. The maximum Gasteiger partial charge on any atom is 0.133 e. The molecule has 1 rings (SSSR count). The van der Waals surface area contributed by atoms with E-state index in [1.54, 1.807) is 0 Å². The third-order valence-electron chi connectivity index (χ3n) is 2.92. The smallest absolute Gasteiger partial charge is 0.133 e. The predicted molar refractivity (Wildman–Crippen MR) is 65.6 cm³/mol. The number of ether oxygens (including phenoxy) is 1. The molecule has 1 aliphatic rings. The SMILES string of the molecule is CC(C)CC(=O)CCCCN1CCOCC1. The molecule has 0 N–H and O–H groups in total. The van der Waals surface area contributed by atoms with Gasteiger partial charge in [-0.2, -0.15) is 0 Å². The first kappa shape index (κ1) is 13.7. The number of hydrogen-bond donors (Lipinski definition) is 0. The number of unbranched alkanes of at least 4 members (excludes halogenated alkanes) is 1. The van der Waals surface area contributed by atoms with Crippen LogP contribution in [0.5, 0.6) is 0 Å². The van der Waals surface area contributed by atoms with E-state index in [9.17, 15) is 4.79 Å². The summed E-state index contributed by atoms with van der Waals surface area (Å²) in [6.07, 6.45) is 3.70. The molecule has 0 aromatic carbocycles. The molecule has 0 aliphatic carbocycles. The average Bonchev–Trinajstić information content (AvgIpc) is 2.25. The van der Waals surface area contributed by atoms with Gasteiger partial charge < -0.3 is 4.74 Å². The van der Waals surface area contributed by atoms with Gasteiger partial charge in [-0.1, -0.05) is 13.8 Å². The lowest BCUT2D eigenvalue weighted by Gasteiger charge is -2.26. The predicted octanol–water partition coefficient (Wildman–Crippen LogP) is 2.10. The quantitative estimate of drug-likeness (QED) is 0.624. The minimum Gasteiger partial charge on any atom is -0.379 e. The van der Waals surface area contributed by atoms with Gasteiger partial charge in [0.2, 0.25) is 0 Å². The van der Waals surface area contributed by atoms with Crippen molar-refractivity contribution < 1.29 is 9.53 Å². The van der Waals surface area contributed by atoms with E-state index in [4.69, 9.17) is 4.74 Å². The van der Waals surface area contributed by atoms with E-state index in [0.29, 0.717) is 11.7 Å². The molecule has 0 radical (unpaired) electrons. The maximum atomic E-state index is 11.5. The van der Waals surface area contributed by atoms with E-state index in [1.165, 1.54) is 0 Å². The molecule has 3 heteroatoms. The van der Waals surface area contributed by atoms with Crippen molar-refractivity contribution in [3.63, 3.8) is 0 Å². The highest BCUT2D eigenvalue weighted by Crippen LogP contribution is 2.07. The number of rotatable bonds is 7. The van der Waals surface area contributed by atoms with E-state index >= 15 is 0 Å². The molecule has 94 valence electrons. The topological polar surface area (TPSA) is 29.5 Å². The minimum absolute atomic E-state index is 0.428. The highest BCUT2D eigenvalue weighted by atomic mass is 16.5. The number of morpholine rings is 1. The van der Waals surface area contributed by atoms with Crippen LogP contribution in [0.1, 0.15) is 39.5 Å². The average molecular weight is 227 g/mol. The Kier molecular flexibility index (Phi) is 6.65. The summed E-state index contributed by atoms with van der Waals surface area (Å²) in [5, 5.41) is 0. The van der Waals surface area contributed by atoms with Crippen molar-refractivity contribution in [1.29, 1.82) is 0 Å². The summed E-state index contributed by atoms with van der Waals surface area (Å²) in [5.41, 5.74) is 0. The van der Waals surface area contributed by atoms with Gasteiger partial charge in [-0.05, 0) is 25.3 Å². The second-order valence-electron chi connectivity index (χ2n) is 5.05. The fourth-order valence-corrected chi connectivity index (χ4v) is 2.04. The monoisotopic (exact) mass is 227 g/mol. The zero-order valence-electron chi connectivity index (χ0n) is 10.7. The summed E-state index contributed by atoms with van der Waals surface area (Å²) in [6, 6.07) is 0. The Hall–Kier alpha value is -0.410. The highest BCUT2D eigenvalue weighted by molar-refractivity contribution is 5.78. The third-order valence-corrected chi connectivity index (χ3v) is 2.92. The summed E-state index contributed by atoms with van der Waals surface area (Å²) >= 11 is 0. The Morgan fingerprint density at radius 3 is 2.56 bits per heavy atom. The van der Waals surface area contributed by atoms with Crippen LogP contribution in [-0.4, -0.2) is 43.5 Å². The van der Waals surface area contributed by atoms with Crippen molar-refractivity contribution in [2.45, 2.75) is 39.5 Å². The second kappa shape index (κ2) is 7.80. The van der Waals surface area contributed by atoms with Crippen LogP contribution in [0.25, 0.3) is 0 Å². The number of ketones is 1. The lowest BCUT2D eigenvalue weighted by molar-refractivity contribution is -0.119. The molecule has 1 saturated heterocycles. The van der Waals surface area contributed by atoms with Crippen molar-refractivity contribution in [2.75, 3.05) is 32.8 Å². The molecule has 3 nitrogen and oxygen atoms in total. The van der Waals surface area contributed by atoms with Gasteiger partial charge in [-0.15, -0.1) is 0 Å². The number of Topliss-reactive ketones (excluding diaryl/α,β-unsaturated/α-hetero) is 1. The van der Waals surface area contributed by atoms with Gasteiger partial charge in [0, 0.05) is 25.9 Å². The molecule has 0 aromatic heterocycles. The van der Waals surface area contributed by atoms with Crippen LogP contribution in [0.2, 0.25) is 0 Å². The molecule has 0 saturated carbocycles. The lowest BCUT2D eigenvalue weighted by Crippen LogP contribution is -2.36. The van der Waals surface area contributed by atoms with Gasteiger partial charge in [0.05, 0.1) is 13.2 Å². The highest BCUT2D eigenvalue weighted by Gasteiger charge is 2.10. The Balaban J connectivity index is 1.96. The summed E-state index contributed by atoms with van der Waals surface area (Å²) in [5.74, 6) is 0.934. The molecular formula is C13H25NO2. The van der Waals surface area contributed by atoms with Gasteiger partial charge in [0.25, 0.3) is 0 Å². The molecule has 1 fully saturated rings. The number of hydrogen-bond acceptors (Lipinski definition) is 3. The first-order valence-corrected chi connectivity index (χ1v) is 6.50. The standard InChI is InChI=1S/C13H25NO2/c1-12(2)11-13(15)5-3-4-6-14-7-9-16-10-8-14/h12H,3-11H2,1-2H3. The fourth-order valence-electron chi connectivity index (χ4n) is 2.04. The summed E-state index contributed by atoms with van der Waals surface area (Å²) in [6.45, 7) is 9.17. The zero-order valence-corrected chi connectivity index (χ0v) is 10.7. The largest absolute Gasteiger partial charge is 0.379 e. The van der Waals surface area contributed by atoms with Crippen molar-refractivity contribution >= 4 is 5.78 Å². The van der Waals surface area contributed by atoms with Gasteiger partial charge in [-0.25, -0.2) is 0 Å². The lowest BCUT2D eigenvalue weighted by atomic mass is 10.0. The Morgan fingerprint density at radius 2 is 1.94 bits per heavy atom. The van der Waals surface area contributed by atoms with E-state index in [-0.39, 0.29) is 0 Å². The number of nitrogens with zero attached hydrogens (tertiary/aromatic N) is 1. The molecule has 16 heavy (non-hydrogen) atoms. The molecule has 0 spiro atoms. The van der Waals surface area contributed by atoms with Crippen molar-refractivity contribution in [1.82, 2.24) is 4.90 Å². The van der Waals surface area contributed by atoms with Crippen molar-refractivity contribution in [2.24, 2.45) is 5.92 Å². The van der Waals surface area contributed by atoms with E-state index in [1.807, 2.05) is 0 Å². The van der Waals surface area contributed by atoms with E-state index in [2.05, 4.69) is 18.7 Å². The van der Waals surface area contributed by atoms with Crippen LogP contribution in [0.4, 0.5) is 0 Å². The van der Waals surface area contributed by atoms with Gasteiger partial charge in [0.1, 0.15) is 5.78 Å². The molecular weight excluding hydrogens is 202 g/mol. The fraction of sp³-hybridized carbons (Fsp3) is 0.923. The second-order valence-corrected chi connectivity index (χ2v) is 5.05. The molecule has 0 aromatic rings. The van der Waals surface area contributed by atoms with E-state index in [0.717, 1.165) is 58.5 Å². The van der Waals surface area contributed by atoms with Crippen LogP contribution >= 0.6 is 0 Å². The van der Waals surface area contributed by atoms with Gasteiger partial charge in [-0.3, -0.25) is 9.69 Å². The summed E-state index contributed by atoms with van der Waals surface area (Å²) in [7, 11) is 0. The normalized spacial score (nSPS) is 17.9. The third kappa shape index (κ3) is 6.23. The number of carbonyl (C=O) groups is 1. The van der Waals surface area contributed by atoms with Gasteiger partial charge in [0.15, 0.2) is 0 Å². The first-order valence-electron chi connectivity index (χ1n) is 6.50. The Bertz CT molecular complexity index is 198. The van der Waals surface area contributed by atoms with Crippen LogP contribution < -0.4 is 0 Å². The summed E-state index contributed by atoms with van der Waals surface area (Å²) < 4.78 is 5.29. The molecule has 0 atom stereocenters.